The van der Waals surface area contributed by atoms with Crippen LogP contribution in [0.1, 0.15) is 44.1 Å². The molecule has 7 heteroatoms. The molecule has 0 aliphatic carbocycles. The third-order valence-corrected chi connectivity index (χ3v) is 6.16. The maximum Gasteiger partial charge on any atom is 0.194 e. The highest BCUT2D eigenvalue weighted by Gasteiger charge is 2.25. The monoisotopic (exact) mass is 433 g/mol. The van der Waals surface area contributed by atoms with Gasteiger partial charge in [0.05, 0.1) is 0 Å². The van der Waals surface area contributed by atoms with E-state index in [0.717, 1.165) is 76.0 Å². The van der Waals surface area contributed by atoms with Gasteiger partial charge in [0.25, 0.3) is 0 Å². The second-order valence-electron chi connectivity index (χ2n) is 8.24. The average molecular weight is 434 g/mol. The highest BCUT2D eigenvalue weighted by Crippen LogP contribution is 2.25. The number of hydrogen-bond acceptors (Lipinski definition) is 4. The molecule has 3 heterocycles. The van der Waals surface area contributed by atoms with Gasteiger partial charge in [-0.1, -0.05) is 43.3 Å². The summed E-state index contributed by atoms with van der Waals surface area (Å²) in [5.41, 5.74) is 2.32. The molecule has 0 bridgehead atoms. The zero-order valence-corrected chi connectivity index (χ0v) is 19.3. The molecule has 1 saturated heterocycles. The number of nitrogens with zero attached hydrogens (tertiary/aromatic N) is 6. The Balaban J connectivity index is 1.31. The predicted molar refractivity (Wildman–Crippen MR) is 130 cm³/mol. The number of pyridine rings is 1. The first-order valence-corrected chi connectivity index (χ1v) is 11.9. The van der Waals surface area contributed by atoms with E-state index >= 15 is 0 Å². The molecule has 1 aliphatic heterocycles. The fraction of sp³-hybridized carbons (Fsp3) is 0.480. The minimum absolute atomic E-state index is 0.496. The number of rotatable bonds is 8. The first kappa shape index (κ1) is 22.3. The lowest BCUT2D eigenvalue weighted by molar-refractivity contribution is 0.127. The van der Waals surface area contributed by atoms with Gasteiger partial charge in [-0.25, -0.2) is 0 Å². The predicted octanol–water partition coefficient (Wildman–Crippen LogP) is 3.40. The van der Waals surface area contributed by atoms with Gasteiger partial charge in [-0.15, -0.1) is 10.2 Å². The Bertz CT molecular complexity index is 990. The first-order valence-electron chi connectivity index (χ1n) is 11.9. The number of aromatic nitrogens is 3. The molecule has 0 spiro atoms. The van der Waals surface area contributed by atoms with Crippen molar-refractivity contribution in [2.45, 2.75) is 39.2 Å². The van der Waals surface area contributed by atoms with Crippen molar-refractivity contribution < 1.29 is 0 Å². The largest absolute Gasteiger partial charge is 0.357 e. The van der Waals surface area contributed by atoms with Crippen LogP contribution in [0.25, 0.3) is 5.65 Å². The molecule has 2 aromatic heterocycles. The van der Waals surface area contributed by atoms with Gasteiger partial charge in [-0.05, 0) is 37.5 Å². The summed E-state index contributed by atoms with van der Waals surface area (Å²) in [6.45, 7) is 10.2. The number of aliphatic imine (C=N–C) groups is 1. The van der Waals surface area contributed by atoms with E-state index in [1.54, 1.807) is 0 Å². The van der Waals surface area contributed by atoms with E-state index in [4.69, 9.17) is 4.99 Å². The Labute approximate surface area is 191 Å². The van der Waals surface area contributed by atoms with Crippen LogP contribution in [0.2, 0.25) is 0 Å². The lowest BCUT2D eigenvalue weighted by Gasteiger charge is -2.40. The van der Waals surface area contributed by atoms with Crippen LogP contribution in [0.4, 0.5) is 0 Å². The van der Waals surface area contributed by atoms with Crippen LogP contribution in [0.15, 0.2) is 59.7 Å². The standard InChI is InChI=1S/C25H35N7/c1-3-22(21-11-6-5-7-12-21)30-17-19-31(20-18-30)25(26-4-2)27-15-10-14-24-29-28-23-13-8-9-16-32(23)24/h5-9,11-13,16,22H,3-4,10,14-15,17-20H2,1-2H3,(H,26,27). The van der Waals surface area contributed by atoms with Crippen LogP contribution in [0.5, 0.6) is 0 Å². The van der Waals surface area contributed by atoms with Crippen LogP contribution < -0.4 is 5.32 Å². The van der Waals surface area contributed by atoms with E-state index in [1.807, 2.05) is 24.4 Å². The highest BCUT2D eigenvalue weighted by molar-refractivity contribution is 5.80. The van der Waals surface area contributed by atoms with E-state index < -0.39 is 0 Å². The van der Waals surface area contributed by atoms with E-state index in [9.17, 15) is 0 Å². The smallest absolute Gasteiger partial charge is 0.194 e. The minimum atomic E-state index is 0.496. The fourth-order valence-electron chi connectivity index (χ4n) is 4.53. The summed E-state index contributed by atoms with van der Waals surface area (Å²) in [5.74, 6) is 2.03. The number of fused-ring (bicyclic) bond motifs is 1. The second kappa shape index (κ2) is 11.1. The topological polar surface area (TPSA) is 61.1 Å². The summed E-state index contributed by atoms with van der Waals surface area (Å²) in [6.07, 6.45) is 4.99. The molecule has 3 aromatic rings. The normalized spacial score (nSPS) is 16.4. The highest BCUT2D eigenvalue weighted by atomic mass is 15.4. The van der Waals surface area contributed by atoms with E-state index in [0.29, 0.717) is 6.04 Å². The number of benzene rings is 1. The maximum atomic E-state index is 4.92. The van der Waals surface area contributed by atoms with Crippen molar-refractivity contribution in [2.75, 3.05) is 39.3 Å². The van der Waals surface area contributed by atoms with Crippen LogP contribution in [-0.4, -0.2) is 69.6 Å². The molecule has 170 valence electrons. The zero-order chi connectivity index (χ0) is 22.2. The third kappa shape index (κ3) is 5.27. The van der Waals surface area contributed by atoms with Gasteiger partial charge in [0.1, 0.15) is 5.82 Å². The number of piperazine rings is 1. The summed E-state index contributed by atoms with van der Waals surface area (Å²) in [5, 5.41) is 12.1. The molecular weight excluding hydrogens is 398 g/mol. The SMILES string of the molecule is CCNC(=NCCCc1nnc2ccccn12)N1CCN(C(CC)c2ccccc2)CC1. The number of nitrogens with one attached hydrogen (secondary N) is 1. The molecule has 0 saturated carbocycles. The van der Waals surface area contributed by atoms with Crippen molar-refractivity contribution in [1.82, 2.24) is 29.7 Å². The average Bonchev–Trinajstić information content (AvgIpc) is 3.26. The lowest BCUT2D eigenvalue weighted by atomic mass is 10.0. The van der Waals surface area contributed by atoms with Gasteiger partial charge in [-0.3, -0.25) is 14.3 Å². The molecule has 1 aliphatic rings. The van der Waals surface area contributed by atoms with Gasteiger partial charge >= 0.3 is 0 Å². The van der Waals surface area contributed by atoms with Crippen LogP contribution in [0.3, 0.4) is 0 Å². The Morgan fingerprint density at radius 2 is 1.78 bits per heavy atom. The van der Waals surface area contributed by atoms with Crippen molar-refractivity contribution in [2.24, 2.45) is 4.99 Å². The molecule has 32 heavy (non-hydrogen) atoms. The Kier molecular flexibility index (Phi) is 7.72. The van der Waals surface area contributed by atoms with Crippen molar-refractivity contribution in [3.8, 4) is 0 Å². The summed E-state index contributed by atoms with van der Waals surface area (Å²) in [6, 6.07) is 17.4. The maximum absolute atomic E-state index is 4.92. The van der Waals surface area contributed by atoms with Crippen molar-refractivity contribution in [1.29, 1.82) is 0 Å². The van der Waals surface area contributed by atoms with Crippen LogP contribution >= 0.6 is 0 Å². The summed E-state index contributed by atoms with van der Waals surface area (Å²) in [4.78, 5) is 9.94. The molecule has 7 nitrogen and oxygen atoms in total. The van der Waals surface area contributed by atoms with Crippen LogP contribution in [0, 0.1) is 0 Å². The van der Waals surface area contributed by atoms with Crippen molar-refractivity contribution in [3.63, 3.8) is 0 Å². The summed E-state index contributed by atoms with van der Waals surface area (Å²) >= 11 is 0. The summed E-state index contributed by atoms with van der Waals surface area (Å²) in [7, 11) is 0. The Hall–Kier alpha value is -2.93. The molecule has 1 aromatic carbocycles. The van der Waals surface area contributed by atoms with Gasteiger partial charge in [-0.2, -0.15) is 0 Å². The minimum Gasteiger partial charge on any atom is -0.357 e. The Morgan fingerprint density at radius 3 is 2.53 bits per heavy atom. The van der Waals surface area contributed by atoms with Gasteiger partial charge in [0.2, 0.25) is 0 Å². The second-order valence-corrected chi connectivity index (χ2v) is 8.24. The van der Waals surface area contributed by atoms with Gasteiger partial charge in [0, 0.05) is 57.9 Å². The van der Waals surface area contributed by atoms with Crippen LogP contribution in [-0.2, 0) is 6.42 Å². The molecule has 0 amide bonds. The molecule has 1 unspecified atom stereocenters. The first-order chi connectivity index (χ1) is 15.8. The summed E-state index contributed by atoms with van der Waals surface area (Å²) < 4.78 is 2.06. The number of guanidine groups is 1. The number of hydrogen-bond donors (Lipinski definition) is 1. The van der Waals surface area contributed by atoms with Crippen molar-refractivity contribution >= 4 is 11.6 Å². The quantitative estimate of drug-likeness (QED) is 0.335. The van der Waals surface area contributed by atoms with E-state index in [2.05, 4.69) is 73.9 Å². The van der Waals surface area contributed by atoms with E-state index in [1.165, 1.54) is 5.56 Å². The molecule has 1 atom stereocenters. The number of aryl methyl sites for hydroxylation is 1. The molecule has 1 N–H and O–H groups in total. The van der Waals surface area contributed by atoms with Gasteiger partial charge in [0.15, 0.2) is 11.6 Å². The Morgan fingerprint density at radius 1 is 1.00 bits per heavy atom. The molecule has 1 fully saturated rings. The van der Waals surface area contributed by atoms with E-state index in [-0.39, 0.29) is 0 Å². The van der Waals surface area contributed by atoms with Gasteiger partial charge < -0.3 is 10.2 Å². The molecule has 0 radical (unpaired) electrons. The lowest BCUT2D eigenvalue weighted by Crippen LogP contribution is -2.53. The zero-order valence-electron chi connectivity index (χ0n) is 19.3. The molecular formula is C25H35N7. The molecule has 4 rings (SSSR count). The third-order valence-electron chi connectivity index (χ3n) is 6.16. The van der Waals surface area contributed by atoms with Crippen molar-refractivity contribution in [3.05, 3.63) is 66.1 Å². The fourth-order valence-corrected chi connectivity index (χ4v) is 4.53.